The lowest BCUT2D eigenvalue weighted by molar-refractivity contribution is -0.385. The SMILES string of the molecule is O=C(CN(C(=O)c1cccc([N+](=O)[O-])c1)N1C(=O)[C@H]2CCCC[C@@H]2C1=O)c1ccc([N+](=O)[O-])cc1. The second kappa shape index (κ2) is 9.41. The van der Waals surface area contributed by atoms with Gasteiger partial charge in [0.1, 0.15) is 6.54 Å². The van der Waals surface area contributed by atoms with Crippen LogP contribution in [0.25, 0.3) is 0 Å². The van der Waals surface area contributed by atoms with E-state index in [2.05, 4.69) is 0 Å². The lowest BCUT2D eigenvalue weighted by atomic mass is 9.81. The van der Waals surface area contributed by atoms with E-state index in [0.717, 1.165) is 36.0 Å². The second-order valence-corrected chi connectivity index (χ2v) is 8.38. The van der Waals surface area contributed by atoms with Crippen LogP contribution in [0.4, 0.5) is 11.4 Å². The number of hydrogen-bond donors (Lipinski definition) is 0. The van der Waals surface area contributed by atoms with Gasteiger partial charge in [-0.05, 0) is 31.0 Å². The van der Waals surface area contributed by atoms with E-state index in [1.807, 2.05) is 0 Å². The number of amides is 3. The molecule has 0 aromatic heterocycles. The molecular weight excluding hydrogens is 460 g/mol. The molecule has 0 bridgehead atoms. The molecular formula is C23H20N4O8. The van der Waals surface area contributed by atoms with Gasteiger partial charge in [0.05, 0.1) is 21.7 Å². The van der Waals surface area contributed by atoms with Gasteiger partial charge in [0.15, 0.2) is 5.78 Å². The van der Waals surface area contributed by atoms with Crippen LogP contribution < -0.4 is 0 Å². The van der Waals surface area contributed by atoms with Crippen molar-refractivity contribution in [2.24, 2.45) is 11.8 Å². The maximum atomic E-state index is 13.4. The summed E-state index contributed by atoms with van der Waals surface area (Å²) in [5.74, 6) is -3.96. The van der Waals surface area contributed by atoms with Crippen LogP contribution in [-0.2, 0) is 9.59 Å². The topological polar surface area (TPSA) is 161 Å². The number of hydrogen-bond acceptors (Lipinski definition) is 8. The highest BCUT2D eigenvalue weighted by Crippen LogP contribution is 2.39. The number of fused-ring (bicyclic) bond motifs is 1. The van der Waals surface area contributed by atoms with Crippen LogP contribution in [0.5, 0.6) is 0 Å². The first-order valence-corrected chi connectivity index (χ1v) is 10.9. The molecule has 4 rings (SSSR count). The number of nitro groups is 2. The molecule has 1 saturated carbocycles. The molecule has 0 N–H and O–H groups in total. The average molecular weight is 480 g/mol. The van der Waals surface area contributed by atoms with Crippen molar-refractivity contribution in [1.29, 1.82) is 0 Å². The van der Waals surface area contributed by atoms with Crippen molar-refractivity contribution in [3.63, 3.8) is 0 Å². The zero-order valence-corrected chi connectivity index (χ0v) is 18.4. The van der Waals surface area contributed by atoms with Gasteiger partial charge in [-0.15, -0.1) is 0 Å². The van der Waals surface area contributed by atoms with Gasteiger partial charge in [-0.25, -0.2) is 5.01 Å². The molecule has 12 heteroatoms. The lowest BCUT2D eigenvalue weighted by Crippen LogP contribution is -2.52. The molecule has 2 aromatic carbocycles. The summed E-state index contributed by atoms with van der Waals surface area (Å²) in [6, 6.07) is 9.44. The van der Waals surface area contributed by atoms with Crippen molar-refractivity contribution >= 4 is 34.9 Å². The summed E-state index contributed by atoms with van der Waals surface area (Å²) in [6.45, 7) is -0.712. The standard InChI is InChI=1S/C23H20N4O8/c28-20(14-8-10-16(11-9-14)26(32)33)13-24(21(29)15-4-3-5-17(12-15)27(34)35)25-22(30)18-6-1-2-7-19(18)23(25)31/h3-5,8-12,18-19H,1-2,6-7,13H2/t18-,19-/m0/s1. The quantitative estimate of drug-likeness (QED) is 0.253. The van der Waals surface area contributed by atoms with Gasteiger partial charge in [-0.3, -0.25) is 39.4 Å². The van der Waals surface area contributed by atoms with Gasteiger partial charge < -0.3 is 0 Å². The normalized spacial score (nSPS) is 19.3. The van der Waals surface area contributed by atoms with Crippen molar-refractivity contribution in [2.75, 3.05) is 6.54 Å². The summed E-state index contributed by atoms with van der Waals surface area (Å²) in [6.07, 6.45) is 2.49. The number of Topliss-reactive ketones (excluding diaryl/α,β-unsaturated/α-hetero) is 1. The van der Waals surface area contributed by atoms with Crippen LogP contribution in [0.1, 0.15) is 46.4 Å². The molecule has 2 fully saturated rings. The first-order chi connectivity index (χ1) is 16.7. The molecule has 1 saturated heterocycles. The Kier molecular flexibility index (Phi) is 6.36. The molecule has 2 atom stereocenters. The number of benzene rings is 2. The molecule has 12 nitrogen and oxygen atoms in total. The third kappa shape index (κ3) is 4.50. The highest BCUT2D eigenvalue weighted by molar-refractivity contribution is 6.09. The maximum Gasteiger partial charge on any atom is 0.273 e. The minimum atomic E-state index is -0.927. The largest absolute Gasteiger partial charge is 0.292 e. The summed E-state index contributed by atoms with van der Waals surface area (Å²) < 4.78 is 0. The van der Waals surface area contributed by atoms with Crippen molar-refractivity contribution in [2.45, 2.75) is 25.7 Å². The fourth-order valence-corrected chi connectivity index (χ4v) is 4.51. The number of ketones is 1. The number of hydrazine groups is 1. The second-order valence-electron chi connectivity index (χ2n) is 8.38. The molecule has 3 amide bonds. The average Bonchev–Trinajstić information content (AvgIpc) is 3.12. The van der Waals surface area contributed by atoms with Gasteiger partial charge in [0.25, 0.3) is 29.1 Å². The smallest absolute Gasteiger partial charge is 0.273 e. The minimum Gasteiger partial charge on any atom is -0.292 e. The molecule has 1 aliphatic carbocycles. The number of carbonyl (C=O) groups is 4. The van der Waals surface area contributed by atoms with Crippen molar-refractivity contribution < 1.29 is 29.0 Å². The predicted molar refractivity (Wildman–Crippen MR) is 119 cm³/mol. The van der Waals surface area contributed by atoms with Gasteiger partial charge >= 0.3 is 0 Å². The molecule has 1 aliphatic heterocycles. The first-order valence-electron chi connectivity index (χ1n) is 10.9. The van der Waals surface area contributed by atoms with E-state index in [1.54, 1.807) is 0 Å². The summed E-state index contributed by atoms with van der Waals surface area (Å²) in [7, 11) is 0. The number of imide groups is 1. The third-order valence-corrected chi connectivity index (χ3v) is 6.29. The Hall–Kier alpha value is -4.48. The van der Waals surface area contributed by atoms with Crippen LogP contribution in [0.15, 0.2) is 48.5 Å². The number of carbonyl (C=O) groups excluding carboxylic acids is 4. The Morgan fingerprint density at radius 3 is 1.97 bits per heavy atom. The molecule has 1 heterocycles. The number of non-ortho nitro benzene ring substituents is 2. The van der Waals surface area contributed by atoms with Gasteiger partial charge in [-0.2, -0.15) is 5.01 Å². The Morgan fingerprint density at radius 1 is 0.857 bits per heavy atom. The lowest BCUT2D eigenvalue weighted by Gasteiger charge is -2.30. The fourth-order valence-electron chi connectivity index (χ4n) is 4.51. The first kappa shape index (κ1) is 23.7. The van der Waals surface area contributed by atoms with Gasteiger partial charge in [0.2, 0.25) is 0 Å². The predicted octanol–water partition coefficient (Wildman–Crippen LogP) is 2.92. The number of nitro benzene ring substituents is 2. The Morgan fingerprint density at radius 2 is 1.43 bits per heavy atom. The summed E-state index contributed by atoms with van der Waals surface area (Å²) in [4.78, 5) is 73.5. The van der Waals surface area contributed by atoms with Crippen LogP contribution in [0.3, 0.4) is 0 Å². The monoisotopic (exact) mass is 480 g/mol. The Balaban J connectivity index is 1.70. The van der Waals surface area contributed by atoms with E-state index in [4.69, 9.17) is 0 Å². The maximum absolute atomic E-state index is 13.4. The molecule has 0 unspecified atom stereocenters. The molecule has 35 heavy (non-hydrogen) atoms. The molecule has 2 aliphatic rings. The summed E-state index contributed by atoms with van der Waals surface area (Å²) in [5, 5.41) is 23.5. The van der Waals surface area contributed by atoms with E-state index < -0.39 is 51.7 Å². The minimum absolute atomic E-state index is 0.0314. The Labute approximate surface area is 198 Å². The molecule has 180 valence electrons. The fraction of sp³-hybridized carbons (Fsp3) is 0.304. The van der Waals surface area contributed by atoms with Crippen LogP contribution in [0, 0.1) is 32.1 Å². The molecule has 2 aromatic rings. The Bertz CT molecular complexity index is 1220. The molecule has 0 radical (unpaired) electrons. The van der Waals surface area contributed by atoms with Gasteiger partial charge in [0, 0.05) is 35.4 Å². The zero-order chi connectivity index (χ0) is 25.3. The van der Waals surface area contributed by atoms with Crippen molar-refractivity contribution in [1.82, 2.24) is 10.0 Å². The number of nitrogens with zero attached hydrogens (tertiary/aromatic N) is 4. The van der Waals surface area contributed by atoms with E-state index in [-0.39, 0.29) is 22.5 Å². The summed E-state index contributed by atoms with van der Waals surface area (Å²) in [5.41, 5.74) is -0.750. The molecule has 0 spiro atoms. The van der Waals surface area contributed by atoms with Crippen LogP contribution in [0.2, 0.25) is 0 Å². The van der Waals surface area contributed by atoms with Gasteiger partial charge in [-0.1, -0.05) is 18.9 Å². The van der Waals surface area contributed by atoms with Crippen molar-refractivity contribution in [3.8, 4) is 0 Å². The van der Waals surface area contributed by atoms with Crippen molar-refractivity contribution in [3.05, 3.63) is 79.9 Å². The highest BCUT2D eigenvalue weighted by atomic mass is 16.6. The van der Waals surface area contributed by atoms with E-state index >= 15 is 0 Å². The van der Waals surface area contributed by atoms with E-state index in [0.29, 0.717) is 17.9 Å². The third-order valence-electron chi connectivity index (χ3n) is 6.29. The van der Waals surface area contributed by atoms with Crippen LogP contribution >= 0.6 is 0 Å². The zero-order valence-electron chi connectivity index (χ0n) is 18.4. The highest BCUT2D eigenvalue weighted by Gasteiger charge is 2.51. The summed E-state index contributed by atoms with van der Waals surface area (Å²) >= 11 is 0. The van der Waals surface area contributed by atoms with Crippen LogP contribution in [-0.4, -0.2) is 49.9 Å². The van der Waals surface area contributed by atoms with E-state index in [9.17, 15) is 39.4 Å². The number of rotatable bonds is 7. The van der Waals surface area contributed by atoms with E-state index in [1.165, 1.54) is 30.3 Å².